The molecular weight excluding hydrogens is 270 g/mol. The van der Waals surface area contributed by atoms with Gasteiger partial charge in [-0.2, -0.15) is 0 Å². The van der Waals surface area contributed by atoms with Gasteiger partial charge in [-0.05, 0) is 25.1 Å². The molecule has 0 aliphatic rings. The Bertz CT molecular complexity index is 664. The highest BCUT2D eigenvalue weighted by atomic mass is 19.2. The summed E-state index contributed by atoms with van der Waals surface area (Å²) in [5.74, 6) is -2.09. The first-order chi connectivity index (χ1) is 9.54. The Hall–Kier alpha value is -2.64. The Morgan fingerprint density at radius 1 is 1.30 bits per heavy atom. The summed E-state index contributed by atoms with van der Waals surface area (Å²) in [4.78, 5) is 18.1. The third-order valence-corrected chi connectivity index (χ3v) is 2.54. The van der Waals surface area contributed by atoms with Crippen LogP contribution in [0.1, 0.15) is 6.92 Å². The Kier molecular flexibility index (Phi) is 3.83. The molecule has 2 rings (SSSR count). The minimum atomic E-state index is -1.10. The van der Waals surface area contributed by atoms with Crippen molar-refractivity contribution in [1.29, 1.82) is 0 Å². The van der Waals surface area contributed by atoms with Crippen LogP contribution in [0.25, 0.3) is 11.3 Å². The lowest BCUT2D eigenvalue weighted by molar-refractivity contribution is -0.383. The van der Waals surface area contributed by atoms with Crippen molar-refractivity contribution in [1.82, 2.24) is 9.97 Å². The maximum absolute atomic E-state index is 13.2. The van der Waals surface area contributed by atoms with Crippen molar-refractivity contribution in [3.63, 3.8) is 0 Å². The summed E-state index contributed by atoms with van der Waals surface area (Å²) in [5.41, 5.74) is -0.336. The van der Waals surface area contributed by atoms with Gasteiger partial charge in [-0.1, -0.05) is 0 Å². The molecule has 0 atom stereocenters. The first-order valence-electron chi connectivity index (χ1n) is 5.73. The highest BCUT2D eigenvalue weighted by Crippen LogP contribution is 2.33. The molecule has 0 aliphatic carbocycles. The number of nitrogens with one attached hydrogen (secondary N) is 1. The molecule has 20 heavy (non-hydrogen) atoms. The number of anilines is 1. The van der Waals surface area contributed by atoms with Crippen molar-refractivity contribution in [3.05, 3.63) is 46.3 Å². The van der Waals surface area contributed by atoms with Crippen LogP contribution in [0.4, 0.5) is 20.3 Å². The number of aromatic nitrogens is 2. The zero-order valence-electron chi connectivity index (χ0n) is 10.4. The molecule has 6 nitrogen and oxygen atoms in total. The first-order valence-corrected chi connectivity index (χ1v) is 5.73. The molecule has 0 amide bonds. The van der Waals surface area contributed by atoms with Gasteiger partial charge in [0.15, 0.2) is 17.3 Å². The Morgan fingerprint density at radius 2 is 2.05 bits per heavy atom. The van der Waals surface area contributed by atoms with Crippen LogP contribution in [0.5, 0.6) is 0 Å². The van der Waals surface area contributed by atoms with E-state index in [0.29, 0.717) is 6.54 Å². The van der Waals surface area contributed by atoms with E-state index in [9.17, 15) is 18.9 Å². The summed E-state index contributed by atoms with van der Waals surface area (Å²) < 4.78 is 26.2. The molecule has 0 bridgehead atoms. The molecule has 0 aliphatic heterocycles. The number of hydrogen-bond acceptors (Lipinski definition) is 5. The molecular formula is C12H10F2N4O2. The van der Waals surface area contributed by atoms with Gasteiger partial charge in [-0.3, -0.25) is 10.1 Å². The molecule has 0 fully saturated rings. The van der Waals surface area contributed by atoms with Crippen LogP contribution in [0.2, 0.25) is 0 Å². The Balaban J connectivity index is 2.63. The number of hydrogen-bond donors (Lipinski definition) is 1. The van der Waals surface area contributed by atoms with Crippen LogP contribution in [-0.2, 0) is 0 Å². The Labute approximate surface area is 112 Å². The van der Waals surface area contributed by atoms with E-state index in [2.05, 4.69) is 15.3 Å². The van der Waals surface area contributed by atoms with E-state index in [4.69, 9.17) is 0 Å². The molecule has 0 radical (unpaired) electrons. The van der Waals surface area contributed by atoms with E-state index in [1.54, 1.807) is 6.92 Å². The van der Waals surface area contributed by atoms with Crippen molar-refractivity contribution in [3.8, 4) is 11.3 Å². The number of nitrogens with zero attached hydrogens (tertiary/aromatic N) is 3. The zero-order valence-corrected chi connectivity index (χ0v) is 10.4. The predicted molar refractivity (Wildman–Crippen MR) is 68.2 cm³/mol. The average molecular weight is 280 g/mol. The second kappa shape index (κ2) is 5.55. The van der Waals surface area contributed by atoms with Gasteiger partial charge >= 0.3 is 5.69 Å². The predicted octanol–water partition coefficient (Wildman–Crippen LogP) is 2.76. The van der Waals surface area contributed by atoms with Crippen LogP contribution in [0, 0.1) is 21.7 Å². The summed E-state index contributed by atoms with van der Waals surface area (Å²) in [6, 6.07) is 2.98. The van der Waals surface area contributed by atoms with E-state index >= 15 is 0 Å². The smallest absolute Gasteiger partial charge is 0.337 e. The topological polar surface area (TPSA) is 81.0 Å². The molecule has 104 valence electrons. The lowest BCUT2D eigenvalue weighted by Gasteiger charge is -2.07. The highest BCUT2D eigenvalue weighted by molar-refractivity contribution is 5.76. The summed E-state index contributed by atoms with van der Waals surface area (Å²) >= 11 is 0. The molecule has 8 heteroatoms. The number of rotatable bonds is 4. The molecule has 1 heterocycles. The van der Waals surface area contributed by atoms with Crippen LogP contribution in [0.3, 0.4) is 0 Å². The summed E-state index contributed by atoms with van der Waals surface area (Å²) in [6.07, 6.45) is 1.13. The molecule has 0 saturated heterocycles. The van der Waals surface area contributed by atoms with Crippen LogP contribution in [-0.4, -0.2) is 21.4 Å². The maximum atomic E-state index is 13.2. The SMILES string of the molecule is CCNc1ncnc(-c2ccc(F)c(F)c2)c1[N+](=O)[O-]. The molecule has 1 aromatic carbocycles. The van der Waals surface area contributed by atoms with E-state index in [0.717, 1.165) is 18.5 Å². The molecule has 0 saturated carbocycles. The molecule has 1 aromatic heterocycles. The van der Waals surface area contributed by atoms with Crippen LogP contribution < -0.4 is 5.32 Å². The lowest BCUT2D eigenvalue weighted by Crippen LogP contribution is -2.06. The fraction of sp³-hybridized carbons (Fsp3) is 0.167. The second-order valence-corrected chi connectivity index (χ2v) is 3.84. The van der Waals surface area contributed by atoms with Gasteiger partial charge in [0.1, 0.15) is 6.33 Å². The Morgan fingerprint density at radius 3 is 2.65 bits per heavy atom. The molecule has 0 spiro atoms. The normalized spacial score (nSPS) is 10.3. The highest BCUT2D eigenvalue weighted by Gasteiger charge is 2.24. The van der Waals surface area contributed by atoms with Crippen molar-refractivity contribution in [2.45, 2.75) is 6.92 Å². The van der Waals surface area contributed by atoms with Crippen molar-refractivity contribution < 1.29 is 13.7 Å². The molecule has 2 aromatic rings. The second-order valence-electron chi connectivity index (χ2n) is 3.84. The summed E-state index contributed by atoms with van der Waals surface area (Å²) in [5, 5.41) is 13.9. The van der Waals surface area contributed by atoms with Crippen LogP contribution >= 0.6 is 0 Å². The number of halogens is 2. The third-order valence-electron chi connectivity index (χ3n) is 2.54. The lowest BCUT2D eigenvalue weighted by atomic mass is 10.1. The largest absolute Gasteiger partial charge is 0.365 e. The van der Waals surface area contributed by atoms with E-state index in [1.165, 1.54) is 6.07 Å². The average Bonchev–Trinajstić information content (AvgIpc) is 2.42. The van der Waals surface area contributed by atoms with Gasteiger partial charge in [-0.15, -0.1) is 0 Å². The molecule has 1 N–H and O–H groups in total. The van der Waals surface area contributed by atoms with Gasteiger partial charge in [0.2, 0.25) is 5.82 Å². The van der Waals surface area contributed by atoms with E-state index < -0.39 is 16.6 Å². The number of nitro groups is 1. The van der Waals surface area contributed by atoms with E-state index in [1.807, 2.05) is 0 Å². The van der Waals surface area contributed by atoms with Gasteiger partial charge in [0.05, 0.1) is 4.92 Å². The quantitative estimate of drug-likeness (QED) is 0.688. The summed E-state index contributed by atoms with van der Waals surface area (Å²) in [7, 11) is 0. The molecule has 0 unspecified atom stereocenters. The van der Waals surface area contributed by atoms with Crippen molar-refractivity contribution >= 4 is 11.5 Å². The van der Waals surface area contributed by atoms with Crippen molar-refractivity contribution in [2.24, 2.45) is 0 Å². The standard InChI is InChI=1S/C12H10F2N4O2/c1-2-15-12-11(18(19)20)10(16-6-17-12)7-3-4-8(13)9(14)5-7/h3-6H,2H2,1H3,(H,15,16,17). The van der Waals surface area contributed by atoms with Gasteiger partial charge in [0, 0.05) is 12.1 Å². The van der Waals surface area contributed by atoms with Gasteiger partial charge in [0.25, 0.3) is 0 Å². The fourth-order valence-electron chi connectivity index (χ4n) is 1.70. The summed E-state index contributed by atoms with van der Waals surface area (Å²) in [6.45, 7) is 2.18. The monoisotopic (exact) mass is 280 g/mol. The van der Waals surface area contributed by atoms with Crippen LogP contribution in [0.15, 0.2) is 24.5 Å². The third kappa shape index (κ3) is 2.53. The fourth-order valence-corrected chi connectivity index (χ4v) is 1.70. The minimum Gasteiger partial charge on any atom is -0.365 e. The minimum absolute atomic E-state index is 0.0345. The zero-order chi connectivity index (χ0) is 14.7. The van der Waals surface area contributed by atoms with Crippen molar-refractivity contribution in [2.75, 3.05) is 11.9 Å². The maximum Gasteiger partial charge on any atom is 0.337 e. The van der Waals surface area contributed by atoms with Gasteiger partial charge < -0.3 is 5.32 Å². The first kappa shape index (κ1) is 13.8. The van der Waals surface area contributed by atoms with Gasteiger partial charge in [-0.25, -0.2) is 18.7 Å². The number of benzene rings is 1. The van der Waals surface area contributed by atoms with E-state index in [-0.39, 0.29) is 22.8 Å².